The van der Waals surface area contributed by atoms with E-state index < -0.39 is 11.7 Å². The van der Waals surface area contributed by atoms with E-state index in [1.807, 2.05) is 61.2 Å². The van der Waals surface area contributed by atoms with Crippen molar-refractivity contribution >= 4 is 36.0 Å². The fourth-order valence-corrected chi connectivity index (χ4v) is 2.50. The Hall–Kier alpha value is -1.56. The van der Waals surface area contributed by atoms with Crippen LogP contribution in [0.15, 0.2) is 17.4 Å². The van der Waals surface area contributed by atoms with E-state index >= 15 is 0 Å². The summed E-state index contributed by atoms with van der Waals surface area (Å²) < 4.78 is 7.02. The number of aliphatic imine (C=N–C) groups is 1. The monoisotopic (exact) mass is 523 g/mol. The third-order valence-electron chi connectivity index (χ3n) is 3.81. The number of guanidine groups is 1. The van der Waals surface area contributed by atoms with E-state index in [1.165, 1.54) is 0 Å². The number of nitrogens with zero attached hydrogens (tertiary/aromatic N) is 4. The third kappa shape index (κ3) is 11.9. The van der Waals surface area contributed by atoms with E-state index in [0.29, 0.717) is 19.6 Å². The average Bonchev–Trinajstić information content (AvgIpc) is 2.98. The highest BCUT2D eigenvalue weighted by Crippen LogP contribution is 2.17. The van der Waals surface area contributed by atoms with Crippen LogP contribution in [-0.4, -0.2) is 72.6 Å². The van der Waals surface area contributed by atoms with Gasteiger partial charge in [0.25, 0.3) is 0 Å². The van der Waals surface area contributed by atoms with Gasteiger partial charge in [0.15, 0.2) is 5.96 Å². The van der Waals surface area contributed by atoms with Gasteiger partial charge in [-0.25, -0.2) is 4.79 Å². The Bertz CT molecular complexity index is 626. The zero-order valence-corrected chi connectivity index (χ0v) is 21.1. The van der Waals surface area contributed by atoms with Gasteiger partial charge in [-0.15, -0.1) is 24.0 Å². The van der Waals surface area contributed by atoms with E-state index in [0.717, 1.165) is 24.5 Å². The van der Waals surface area contributed by atoms with Gasteiger partial charge in [0.2, 0.25) is 0 Å². The summed E-state index contributed by atoms with van der Waals surface area (Å²) in [6.07, 6.45) is 4.27. The van der Waals surface area contributed by atoms with Crippen molar-refractivity contribution in [2.75, 3.05) is 40.3 Å². The second-order valence-electron chi connectivity index (χ2n) is 7.86. The molecule has 0 spiro atoms. The summed E-state index contributed by atoms with van der Waals surface area (Å²) in [4.78, 5) is 18.5. The number of aryl methyl sites for hydroxylation is 1. The van der Waals surface area contributed by atoms with Crippen molar-refractivity contribution < 1.29 is 9.53 Å². The molecule has 9 nitrogen and oxygen atoms in total. The molecular weight excluding hydrogens is 485 g/mol. The summed E-state index contributed by atoms with van der Waals surface area (Å²) in [6, 6.07) is 0.151. The predicted molar refractivity (Wildman–Crippen MR) is 128 cm³/mol. The number of aromatic nitrogens is 2. The second kappa shape index (κ2) is 13.6. The molecule has 1 amide bonds. The molecule has 1 aromatic rings. The Morgan fingerprint density at radius 3 is 2.45 bits per heavy atom. The minimum absolute atomic E-state index is 0. The van der Waals surface area contributed by atoms with Crippen LogP contribution in [-0.2, 0) is 11.8 Å². The van der Waals surface area contributed by atoms with E-state index in [4.69, 9.17) is 9.73 Å². The number of likely N-dealkylation sites (N-methyl/N-ethyl adjacent to an activating group) is 1. The van der Waals surface area contributed by atoms with Crippen LogP contribution >= 0.6 is 24.0 Å². The minimum Gasteiger partial charge on any atom is -0.444 e. The number of hydrogen-bond donors (Lipinski definition) is 3. The molecule has 0 aliphatic carbocycles. The first-order chi connectivity index (χ1) is 13.1. The van der Waals surface area contributed by atoms with Crippen molar-refractivity contribution in [2.45, 2.75) is 45.8 Å². The van der Waals surface area contributed by atoms with Crippen LogP contribution in [0.1, 0.15) is 45.7 Å². The SMILES string of the molecule is CCNC(=NCC(c1cnn(C)c1)N(C)C)NCCCNC(=O)OC(C)(C)C.I. The van der Waals surface area contributed by atoms with Crippen molar-refractivity contribution in [1.82, 2.24) is 30.6 Å². The molecule has 0 bridgehead atoms. The highest BCUT2D eigenvalue weighted by Gasteiger charge is 2.16. The van der Waals surface area contributed by atoms with Crippen LogP contribution in [0.2, 0.25) is 0 Å². The summed E-state index contributed by atoms with van der Waals surface area (Å²) in [5.41, 5.74) is 0.651. The molecule has 0 saturated heterocycles. The topological polar surface area (TPSA) is 95.8 Å². The number of hydrogen-bond acceptors (Lipinski definition) is 5. The Morgan fingerprint density at radius 1 is 1.28 bits per heavy atom. The van der Waals surface area contributed by atoms with Gasteiger partial charge in [-0.2, -0.15) is 5.10 Å². The van der Waals surface area contributed by atoms with Gasteiger partial charge in [-0.1, -0.05) is 0 Å². The Balaban J connectivity index is 0.00000784. The number of halogens is 1. The molecule has 10 heteroatoms. The molecule has 1 heterocycles. The Labute approximate surface area is 192 Å². The molecular formula is C19H38IN7O2. The quantitative estimate of drug-likeness (QED) is 0.199. The number of rotatable bonds is 9. The lowest BCUT2D eigenvalue weighted by molar-refractivity contribution is 0.0527. The third-order valence-corrected chi connectivity index (χ3v) is 3.81. The fourth-order valence-electron chi connectivity index (χ4n) is 2.50. The number of amides is 1. The molecule has 1 atom stereocenters. The van der Waals surface area contributed by atoms with Crippen LogP contribution in [0.3, 0.4) is 0 Å². The van der Waals surface area contributed by atoms with E-state index in [-0.39, 0.29) is 30.0 Å². The molecule has 1 unspecified atom stereocenters. The van der Waals surface area contributed by atoms with Gasteiger partial charge in [0.1, 0.15) is 5.60 Å². The van der Waals surface area contributed by atoms with Crippen LogP contribution in [0, 0.1) is 0 Å². The molecule has 0 fully saturated rings. The number of carbonyl (C=O) groups is 1. The highest BCUT2D eigenvalue weighted by molar-refractivity contribution is 14.0. The summed E-state index contributed by atoms with van der Waals surface area (Å²) in [5, 5.41) is 13.6. The normalized spacial score (nSPS) is 12.9. The van der Waals surface area contributed by atoms with Crippen LogP contribution in [0.25, 0.3) is 0 Å². The average molecular weight is 523 g/mol. The number of carbonyl (C=O) groups excluding carboxylic acids is 1. The first-order valence-electron chi connectivity index (χ1n) is 9.76. The maximum atomic E-state index is 11.6. The maximum absolute atomic E-state index is 11.6. The fraction of sp³-hybridized carbons (Fsp3) is 0.737. The zero-order chi connectivity index (χ0) is 21.2. The Kier molecular flexibility index (Phi) is 12.9. The van der Waals surface area contributed by atoms with Crippen LogP contribution < -0.4 is 16.0 Å². The molecule has 0 radical (unpaired) electrons. The molecule has 0 aliphatic rings. The standard InChI is InChI=1S/C19H37N7O2.HI/c1-8-20-17(21-10-9-11-22-18(27)28-19(2,3)4)23-13-16(25(5)6)15-12-24-26(7)14-15;/h12,14,16H,8-11,13H2,1-7H3,(H,22,27)(H2,20,21,23);1H. The molecule has 29 heavy (non-hydrogen) atoms. The lowest BCUT2D eigenvalue weighted by Gasteiger charge is -2.22. The van der Waals surface area contributed by atoms with E-state index in [1.54, 1.807) is 4.68 Å². The number of alkyl carbamates (subject to hydrolysis) is 1. The summed E-state index contributed by atoms with van der Waals surface area (Å²) >= 11 is 0. The van der Waals surface area contributed by atoms with Gasteiger partial charge in [0.05, 0.1) is 18.8 Å². The van der Waals surface area contributed by atoms with Gasteiger partial charge in [-0.3, -0.25) is 9.67 Å². The summed E-state index contributed by atoms with van der Waals surface area (Å²) in [5.74, 6) is 0.760. The molecule has 0 aromatic carbocycles. The molecule has 168 valence electrons. The maximum Gasteiger partial charge on any atom is 0.407 e. The van der Waals surface area contributed by atoms with Gasteiger partial charge in [-0.05, 0) is 48.2 Å². The lowest BCUT2D eigenvalue weighted by Crippen LogP contribution is -2.40. The van der Waals surface area contributed by atoms with Crippen LogP contribution in [0.5, 0.6) is 0 Å². The minimum atomic E-state index is -0.482. The Morgan fingerprint density at radius 2 is 1.93 bits per heavy atom. The van der Waals surface area contributed by atoms with Crippen molar-refractivity contribution in [2.24, 2.45) is 12.0 Å². The highest BCUT2D eigenvalue weighted by atomic mass is 127. The predicted octanol–water partition coefficient (Wildman–Crippen LogP) is 2.11. The molecule has 1 rings (SSSR count). The van der Waals surface area contributed by atoms with Gasteiger partial charge < -0.3 is 25.6 Å². The van der Waals surface area contributed by atoms with E-state index in [9.17, 15) is 4.79 Å². The van der Waals surface area contributed by atoms with Gasteiger partial charge in [0, 0.05) is 38.4 Å². The zero-order valence-electron chi connectivity index (χ0n) is 18.8. The number of ether oxygens (including phenoxy) is 1. The van der Waals surface area contributed by atoms with Crippen molar-refractivity contribution in [3.8, 4) is 0 Å². The molecule has 0 saturated carbocycles. The first-order valence-corrected chi connectivity index (χ1v) is 9.76. The molecule has 3 N–H and O–H groups in total. The number of nitrogens with one attached hydrogen (secondary N) is 3. The van der Waals surface area contributed by atoms with E-state index in [2.05, 4.69) is 25.9 Å². The second-order valence-corrected chi connectivity index (χ2v) is 7.86. The van der Waals surface area contributed by atoms with Crippen molar-refractivity contribution in [3.63, 3.8) is 0 Å². The van der Waals surface area contributed by atoms with Crippen LogP contribution in [0.4, 0.5) is 4.79 Å². The first kappa shape index (κ1) is 27.4. The summed E-state index contributed by atoms with van der Waals surface area (Å²) in [6.45, 7) is 10.2. The van der Waals surface area contributed by atoms with Crippen molar-refractivity contribution in [1.29, 1.82) is 0 Å². The lowest BCUT2D eigenvalue weighted by atomic mass is 10.1. The molecule has 1 aromatic heterocycles. The largest absolute Gasteiger partial charge is 0.444 e. The molecule has 0 aliphatic heterocycles. The van der Waals surface area contributed by atoms with Crippen molar-refractivity contribution in [3.05, 3.63) is 18.0 Å². The van der Waals surface area contributed by atoms with Gasteiger partial charge >= 0.3 is 6.09 Å². The summed E-state index contributed by atoms with van der Waals surface area (Å²) in [7, 11) is 5.99. The smallest absolute Gasteiger partial charge is 0.407 e.